The number of amides is 1. The largest absolute Gasteiger partial charge is 0.489 e. The lowest BCUT2D eigenvalue weighted by Gasteiger charge is -2.35. The van der Waals surface area contributed by atoms with Gasteiger partial charge in [0.2, 0.25) is 5.43 Å². The van der Waals surface area contributed by atoms with Gasteiger partial charge in [0.25, 0.3) is 0 Å². The van der Waals surface area contributed by atoms with Crippen molar-refractivity contribution in [3.63, 3.8) is 0 Å². The second-order valence-corrected chi connectivity index (χ2v) is 19.6. The molecule has 0 bridgehead atoms. The quantitative estimate of drug-likeness (QED) is 0.148. The highest BCUT2D eigenvalue weighted by atomic mass is 28.3. The number of nitriles is 1. The first kappa shape index (κ1) is 36.9. The van der Waals surface area contributed by atoms with Crippen molar-refractivity contribution >= 4 is 20.0 Å². The Kier molecular flexibility index (Phi) is 11.1. The SMILES string of the molecule is Cc1ccc(-c2c(-c3ccc(C#N)c(F)c3)[nH]c(N3CCC(NC(=O)OC(C)(C)C)CC3)c(C#C[Si](C)(C)C)c2=O)cc1OCc1ccccc1. The van der Waals surface area contributed by atoms with E-state index in [2.05, 4.69) is 46.3 Å². The van der Waals surface area contributed by atoms with Gasteiger partial charge in [-0.1, -0.05) is 74.1 Å². The molecule has 0 saturated carbocycles. The monoisotopic (exact) mass is 704 g/mol. The number of rotatable bonds is 7. The summed E-state index contributed by atoms with van der Waals surface area (Å²) < 4.78 is 26.9. The summed E-state index contributed by atoms with van der Waals surface area (Å²) in [6.07, 6.45) is 0.770. The third-order valence-corrected chi connectivity index (χ3v) is 9.25. The molecule has 0 aliphatic carbocycles. The van der Waals surface area contributed by atoms with E-state index in [9.17, 15) is 14.9 Å². The van der Waals surface area contributed by atoms with Crippen molar-refractivity contribution in [1.82, 2.24) is 10.3 Å². The molecule has 0 atom stereocenters. The molecule has 8 nitrogen and oxygen atoms in total. The Bertz CT molecular complexity index is 2070. The number of aromatic nitrogens is 1. The van der Waals surface area contributed by atoms with Crippen molar-refractivity contribution in [2.75, 3.05) is 18.0 Å². The lowest BCUT2D eigenvalue weighted by molar-refractivity contribution is 0.0497. The molecular weight excluding hydrogens is 660 g/mol. The van der Waals surface area contributed by atoms with Crippen LogP contribution in [0.1, 0.15) is 55.9 Å². The molecule has 1 amide bonds. The molecule has 2 heterocycles. The maximum atomic E-state index is 15.2. The average molecular weight is 705 g/mol. The summed E-state index contributed by atoms with van der Waals surface area (Å²) in [7, 11) is -1.93. The van der Waals surface area contributed by atoms with Gasteiger partial charge >= 0.3 is 6.09 Å². The molecule has 0 spiro atoms. The maximum Gasteiger partial charge on any atom is 0.407 e. The summed E-state index contributed by atoms with van der Waals surface area (Å²) in [5.74, 6) is 3.74. The maximum absolute atomic E-state index is 15.2. The highest BCUT2D eigenvalue weighted by Gasteiger charge is 2.28. The van der Waals surface area contributed by atoms with E-state index in [0.29, 0.717) is 72.1 Å². The van der Waals surface area contributed by atoms with E-state index in [-0.39, 0.29) is 17.0 Å². The van der Waals surface area contributed by atoms with Crippen LogP contribution >= 0.6 is 0 Å². The number of aryl methyl sites for hydroxylation is 1. The van der Waals surface area contributed by atoms with Crippen molar-refractivity contribution < 1.29 is 18.7 Å². The van der Waals surface area contributed by atoms with Crippen LogP contribution in [-0.4, -0.2) is 43.9 Å². The highest BCUT2D eigenvalue weighted by molar-refractivity contribution is 6.83. The number of H-pyrrole nitrogens is 1. The van der Waals surface area contributed by atoms with Gasteiger partial charge in [-0.25, -0.2) is 9.18 Å². The van der Waals surface area contributed by atoms with Crippen LogP contribution < -0.4 is 20.4 Å². The minimum Gasteiger partial charge on any atom is -0.489 e. The van der Waals surface area contributed by atoms with Crippen molar-refractivity contribution in [2.24, 2.45) is 0 Å². The molecule has 5 rings (SSSR count). The number of halogens is 1. The van der Waals surface area contributed by atoms with E-state index in [1.165, 1.54) is 12.1 Å². The fourth-order valence-electron chi connectivity index (χ4n) is 5.81. The third kappa shape index (κ3) is 9.47. The molecule has 0 unspecified atom stereocenters. The molecule has 10 heteroatoms. The van der Waals surface area contributed by atoms with Crippen LogP contribution in [0.15, 0.2) is 71.5 Å². The number of nitrogens with zero attached hydrogens (tertiary/aromatic N) is 2. The van der Waals surface area contributed by atoms with Gasteiger partial charge in [-0.15, -0.1) is 5.54 Å². The molecule has 4 aromatic rings. The summed E-state index contributed by atoms with van der Waals surface area (Å²) in [4.78, 5) is 33.0. The summed E-state index contributed by atoms with van der Waals surface area (Å²) in [5, 5.41) is 12.4. The predicted octanol–water partition coefficient (Wildman–Crippen LogP) is 8.33. The first-order valence-corrected chi connectivity index (χ1v) is 20.7. The number of piperidine rings is 1. The topological polar surface area (TPSA) is 107 Å². The van der Waals surface area contributed by atoms with Crippen molar-refractivity contribution in [3.05, 3.63) is 105 Å². The van der Waals surface area contributed by atoms with Gasteiger partial charge in [-0.05, 0) is 75.4 Å². The highest BCUT2D eigenvalue weighted by Crippen LogP contribution is 2.35. The number of carbonyl (C=O) groups excluding carboxylic acids is 1. The number of ether oxygens (including phenoxy) is 2. The molecule has 3 aromatic carbocycles. The van der Waals surface area contributed by atoms with E-state index in [0.717, 1.165) is 11.1 Å². The number of hydrogen-bond donors (Lipinski definition) is 2. The van der Waals surface area contributed by atoms with Gasteiger partial charge < -0.3 is 24.7 Å². The fraction of sp³-hybridized carbons (Fsp3) is 0.341. The van der Waals surface area contributed by atoms with Crippen LogP contribution in [0, 0.1) is 35.5 Å². The smallest absolute Gasteiger partial charge is 0.407 e. The Hall–Kier alpha value is -5.32. The zero-order valence-electron chi connectivity index (χ0n) is 30.4. The number of pyridine rings is 1. The summed E-state index contributed by atoms with van der Waals surface area (Å²) in [5.41, 5.74) is 6.37. The molecule has 1 aliphatic heterocycles. The molecule has 1 aromatic heterocycles. The van der Waals surface area contributed by atoms with Crippen molar-refractivity contribution in [3.8, 4) is 45.7 Å². The molecular formula is C41H45FN4O4Si. The van der Waals surface area contributed by atoms with Crippen molar-refractivity contribution in [1.29, 1.82) is 5.26 Å². The third-order valence-electron chi connectivity index (χ3n) is 8.37. The molecule has 264 valence electrons. The van der Waals surface area contributed by atoms with Gasteiger partial charge in [-0.3, -0.25) is 4.79 Å². The summed E-state index contributed by atoms with van der Waals surface area (Å²) >= 11 is 0. The lowest BCUT2D eigenvalue weighted by atomic mass is 9.94. The van der Waals surface area contributed by atoms with Crippen LogP contribution in [0.2, 0.25) is 19.6 Å². The minimum atomic E-state index is -1.93. The Balaban J connectivity index is 1.63. The molecule has 1 saturated heterocycles. The number of benzene rings is 3. The molecule has 0 radical (unpaired) electrons. The van der Waals surface area contributed by atoms with Crippen LogP contribution in [-0.2, 0) is 11.3 Å². The zero-order chi connectivity index (χ0) is 36.9. The number of hydrogen-bond acceptors (Lipinski definition) is 6. The first-order valence-electron chi connectivity index (χ1n) is 17.2. The van der Waals surface area contributed by atoms with Gasteiger partial charge in [0.15, 0.2) is 0 Å². The number of carbonyl (C=O) groups is 1. The lowest BCUT2D eigenvalue weighted by Crippen LogP contribution is -2.46. The van der Waals surface area contributed by atoms with Crippen LogP contribution in [0.5, 0.6) is 5.75 Å². The van der Waals surface area contributed by atoms with Gasteiger partial charge in [0, 0.05) is 24.7 Å². The average Bonchev–Trinajstić information content (AvgIpc) is 3.06. The standard InChI is InChI=1S/C41H45FN4O4Si/c1-27-13-14-29(24-35(27)49-26-28-11-9-8-10-12-28)36-37(30-15-16-31(25-43)34(42)23-30)45-39(33(38(36)47)19-22-51(5,6)7)46-20-17-32(18-21-46)44-40(48)50-41(2,3)4/h8-16,23-24,32H,17-18,20-21,26H2,1-7H3,(H,44,48)(H,45,47). The zero-order valence-corrected chi connectivity index (χ0v) is 31.4. The van der Waals surface area contributed by atoms with E-state index in [4.69, 9.17) is 9.47 Å². The molecule has 51 heavy (non-hydrogen) atoms. The first-order chi connectivity index (χ1) is 24.1. The van der Waals surface area contributed by atoms with Crippen LogP contribution in [0.25, 0.3) is 22.4 Å². The number of alkyl carbamates (subject to hydrolysis) is 1. The Morgan fingerprint density at radius 3 is 2.35 bits per heavy atom. The van der Waals surface area contributed by atoms with Crippen LogP contribution in [0.4, 0.5) is 15.0 Å². The van der Waals surface area contributed by atoms with Gasteiger partial charge in [0.05, 0.1) is 16.8 Å². The van der Waals surface area contributed by atoms with E-state index >= 15 is 4.39 Å². The Morgan fingerprint density at radius 1 is 1.04 bits per heavy atom. The molecule has 1 aliphatic rings. The van der Waals surface area contributed by atoms with Crippen molar-refractivity contribution in [2.45, 2.75) is 78.4 Å². The van der Waals surface area contributed by atoms with E-state index in [1.807, 2.05) is 82.3 Å². The number of nitrogens with one attached hydrogen (secondary N) is 2. The number of aromatic amines is 1. The second kappa shape index (κ2) is 15.3. The normalized spacial score (nSPS) is 13.5. The van der Waals surface area contributed by atoms with Gasteiger partial charge in [-0.2, -0.15) is 5.26 Å². The van der Waals surface area contributed by atoms with E-state index < -0.39 is 25.6 Å². The summed E-state index contributed by atoms with van der Waals surface area (Å²) in [6, 6.07) is 21.6. The number of anilines is 1. The minimum absolute atomic E-state index is 0.0908. The van der Waals surface area contributed by atoms with Gasteiger partial charge in [0.1, 0.15) is 49.3 Å². The second-order valence-electron chi connectivity index (χ2n) is 14.9. The fourth-order valence-corrected chi connectivity index (χ4v) is 6.31. The molecule has 2 N–H and O–H groups in total. The van der Waals surface area contributed by atoms with E-state index in [1.54, 1.807) is 6.07 Å². The van der Waals surface area contributed by atoms with Crippen LogP contribution in [0.3, 0.4) is 0 Å². The summed E-state index contributed by atoms with van der Waals surface area (Å²) in [6.45, 7) is 15.2. The Morgan fingerprint density at radius 2 is 1.73 bits per heavy atom. The molecule has 1 fully saturated rings. The predicted molar refractivity (Wildman–Crippen MR) is 203 cm³/mol. The Labute approximate surface area is 300 Å².